The average Bonchev–Trinajstić information content (AvgIpc) is 3.22. The summed E-state index contributed by atoms with van der Waals surface area (Å²) in [4.78, 5) is 25.4. The highest BCUT2D eigenvalue weighted by Crippen LogP contribution is 2.40. The minimum atomic E-state index is -0.895. The molecule has 1 aromatic rings. The van der Waals surface area contributed by atoms with Crippen molar-refractivity contribution in [2.24, 2.45) is 11.8 Å². The maximum atomic E-state index is 13.0. The molecule has 5 heteroatoms. The highest BCUT2D eigenvalue weighted by Gasteiger charge is 2.46. The Morgan fingerprint density at radius 2 is 1.75 bits per heavy atom. The number of carbonyl (C=O) groups excluding carboxylic acids is 2. The fraction of sp³-hybridized carbons (Fsp3) is 0.704. The molecule has 1 aromatic carbocycles. The van der Waals surface area contributed by atoms with Crippen molar-refractivity contribution in [2.75, 3.05) is 0 Å². The van der Waals surface area contributed by atoms with E-state index >= 15 is 0 Å². The van der Waals surface area contributed by atoms with E-state index in [1.807, 2.05) is 12.1 Å². The Labute approximate surface area is 193 Å². The van der Waals surface area contributed by atoms with Gasteiger partial charge >= 0.3 is 11.9 Å². The molecule has 1 aliphatic heterocycles. The minimum absolute atomic E-state index is 0.219. The lowest BCUT2D eigenvalue weighted by Crippen LogP contribution is -2.44. The number of benzene rings is 1. The quantitative estimate of drug-likeness (QED) is 0.313. The molecule has 1 aliphatic carbocycles. The summed E-state index contributed by atoms with van der Waals surface area (Å²) in [6.45, 7) is 8.89. The Hall–Kier alpha value is -1.88. The highest BCUT2D eigenvalue weighted by atomic mass is 16.7. The van der Waals surface area contributed by atoms with Gasteiger partial charge in [0, 0.05) is 6.42 Å². The van der Waals surface area contributed by atoms with Gasteiger partial charge in [0.15, 0.2) is 5.92 Å². The van der Waals surface area contributed by atoms with Gasteiger partial charge in [0.25, 0.3) is 0 Å². The molecule has 0 N–H and O–H groups in total. The van der Waals surface area contributed by atoms with Gasteiger partial charge < -0.3 is 14.2 Å². The lowest BCUT2D eigenvalue weighted by Gasteiger charge is -2.41. The molecule has 3 unspecified atom stereocenters. The summed E-state index contributed by atoms with van der Waals surface area (Å²) in [6, 6.07) is 8.33. The van der Waals surface area contributed by atoms with Crippen LogP contribution >= 0.6 is 0 Å². The van der Waals surface area contributed by atoms with Crippen LogP contribution < -0.4 is 0 Å². The van der Waals surface area contributed by atoms with Crippen molar-refractivity contribution in [2.45, 2.75) is 110 Å². The van der Waals surface area contributed by atoms with Crippen LogP contribution in [-0.2, 0) is 30.4 Å². The second-order valence-electron chi connectivity index (χ2n) is 9.54. The molecule has 0 bridgehead atoms. The third-order valence-electron chi connectivity index (χ3n) is 7.69. The van der Waals surface area contributed by atoms with Gasteiger partial charge in [0.05, 0.1) is 6.61 Å². The summed E-state index contributed by atoms with van der Waals surface area (Å²) in [5.74, 6) is -0.975. The number of hydrogen-bond donors (Lipinski definition) is 0. The maximum absolute atomic E-state index is 13.0. The Morgan fingerprint density at radius 3 is 2.34 bits per heavy atom. The number of ether oxygens (including phenoxy) is 3. The lowest BCUT2D eigenvalue weighted by atomic mass is 9.74. The van der Waals surface area contributed by atoms with E-state index in [9.17, 15) is 9.59 Å². The van der Waals surface area contributed by atoms with E-state index < -0.39 is 29.7 Å². The van der Waals surface area contributed by atoms with E-state index in [-0.39, 0.29) is 6.42 Å². The molecular weight excluding hydrogens is 404 g/mol. The Morgan fingerprint density at radius 1 is 1.09 bits per heavy atom. The van der Waals surface area contributed by atoms with Crippen molar-refractivity contribution in [3.05, 3.63) is 35.4 Å². The molecule has 32 heavy (non-hydrogen) atoms. The zero-order chi connectivity index (χ0) is 23.1. The first-order valence-corrected chi connectivity index (χ1v) is 12.6. The van der Waals surface area contributed by atoms with Crippen LogP contribution in [0.2, 0.25) is 0 Å². The van der Waals surface area contributed by atoms with Crippen LogP contribution in [0.4, 0.5) is 0 Å². The first kappa shape index (κ1) is 24.8. The summed E-state index contributed by atoms with van der Waals surface area (Å²) in [5.41, 5.74) is 1.85. The fourth-order valence-corrected chi connectivity index (χ4v) is 5.17. The van der Waals surface area contributed by atoms with Crippen LogP contribution in [0.5, 0.6) is 0 Å². The van der Waals surface area contributed by atoms with E-state index in [0.717, 1.165) is 37.7 Å². The molecule has 3 rings (SSSR count). The van der Waals surface area contributed by atoms with E-state index in [2.05, 4.69) is 39.8 Å². The SMILES string of the molecule is CCC(C)c1ccc(COC2CC(C(=O)OC(CC)(CC)C3CCCCC3)C(=O)O2)cc1. The van der Waals surface area contributed by atoms with Gasteiger partial charge in [-0.05, 0) is 55.1 Å². The molecule has 3 atom stereocenters. The van der Waals surface area contributed by atoms with Gasteiger partial charge in [-0.25, -0.2) is 0 Å². The first-order valence-electron chi connectivity index (χ1n) is 12.6. The van der Waals surface area contributed by atoms with E-state index in [1.54, 1.807) is 0 Å². The largest absolute Gasteiger partial charge is 0.458 e. The molecular formula is C27H40O5. The molecule has 5 nitrogen and oxygen atoms in total. The van der Waals surface area contributed by atoms with Crippen LogP contribution in [0.25, 0.3) is 0 Å². The van der Waals surface area contributed by atoms with Gasteiger partial charge in [-0.3, -0.25) is 9.59 Å². The Balaban J connectivity index is 1.55. The van der Waals surface area contributed by atoms with Gasteiger partial charge in [0.2, 0.25) is 6.29 Å². The number of esters is 2. The van der Waals surface area contributed by atoms with E-state index in [0.29, 0.717) is 18.4 Å². The predicted octanol–water partition coefficient (Wildman–Crippen LogP) is 6.29. The van der Waals surface area contributed by atoms with Gasteiger partial charge in [0.1, 0.15) is 5.60 Å². The van der Waals surface area contributed by atoms with Crippen molar-refractivity contribution in [1.82, 2.24) is 0 Å². The molecule has 0 spiro atoms. The molecule has 1 heterocycles. The predicted molar refractivity (Wildman–Crippen MR) is 124 cm³/mol. The van der Waals surface area contributed by atoms with Gasteiger partial charge in [-0.15, -0.1) is 0 Å². The van der Waals surface area contributed by atoms with E-state index in [1.165, 1.54) is 24.8 Å². The highest BCUT2D eigenvalue weighted by molar-refractivity contribution is 5.96. The zero-order valence-electron chi connectivity index (χ0n) is 20.2. The average molecular weight is 445 g/mol. The molecule has 0 aromatic heterocycles. The van der Waals surface area contributed by atoms with Crippen LogP contribution in [0.1, 0.15) is 103 Å². The number of carbonyl (C=O) groups is 2. The van der Waals surface area contributed by atoms with Crippen molar-refractivity contribution >= 4 is 11.9 Å². The summed E-state index contributed by atoms with van der Waals surface area (Å²) < 4.78 is 17.3. The van der Waals surface area contributed by atoms with Crippen molar-refractivity contribution in [1.29, 1.82) is 0 Å². The van der Waals surface area contributed by atoms with Gasteiger partial charge in [-0.1, -0.05) is 71.2 Å². The molecule has 178 valence electrons. The molecule has 1 saturated heterocycles. The second-order valence-corrected chi connectivity index (χ2v) is 9.54. The van der Waals surface area contributed by atoms with Crippen LogP contribution in [0, 0.1) is 11.8 Å². The van der Waals surface area contributed by atoms with Crippen LogP contribution in [0.3, 0.4) is 0 Å². The van der Waals surface area contributed by atoms with Crippen molar-refractivity contribution < 1.29 is 23.8 Å². The number of cyclic esters (lactones) is 1. The Bertz CT molecular complexity index is 746. The molecule has 0 amide bonds. The minimum Gasteiger partial charge on any atom is -0.458 e. The molecule has 0 radical (unpaired) electrons. The van der Waals surface area contributed by atoms with E-state index in [4.69, 9.17) is 14.2 Å². The molecule has 2 fully saturated rings. The third-order valence-corrected chi connectivity index (χ3v) is 7.69. The van der Waals surface area contributed by atoms with Crippen LogP contribution in [0.15, 0.2) is 24.3 Å². The fourth-order valence-electron chi connectivity index (χ4n) is 5.17. The standard InChI is InChI=1S/C27H40O5/c1-5-19(4)21-15-13-20(14-16-21)18-30-24-17-23(25(28)31-24)26(29)32-27(6-2,7-3)22-11-9-8-10-12-22/h13-16,19,22-24H,5-12,17-18H2,1-4H3. The Kier molecular flexibility index (Phi) is 8.75. The zero-order valence-corrected chi connectivity index (χ0v) is 20.2. The summed E-state index contributed by atoms with van der Waals surface area (Å²) in [7, 11) is 0. The molecule has 1 saturated carbocycles. The summed E-state index contributed by atoms with van der Waals surface area (Å²) in [5, 5.41) is 0. The van der Waals surface area contributed by atoms with Crippen molar-refractivity contribution in [3.8, 4) is 0 Å². The number of hydrogen-bond acceptors (Lipinski definition) is 5. The summed E-state index contributed by atoms with van der Waals surface area (Å²) >= 11 is 0. The normalized spacial score (nSPS) is 23.1. The maximum Gasteiger partial charge on any atom is 0.322 e. The smallest absolute Gasteiger partial charge is 0.322 e. The molecule has 2 aliphatic rings. The first-order chi connectivity index (χ1) is 15.4. The third kappa shape index (κ3) is 5.72. The van der Waals surface area contributed by atoms with Crippen molar-refractivity contribution in [3.63, 3.8) is 0 Å². The lowest BCUT2D eigenvalue weighted by molar-refractivity contribution is -0.177. The second kappa shape index (κ2) is 11.3. The summed E-state index contributed by atoms with van der Waals surface area (Å²) in [6.07, 6.45) is 7.96. The van der Waals surface area contributed by atoms with Crippen LogP contribution in [-0.4, -0.2) is 23.8 Å². The monoisotopic (exact) mass is 444 g/mol. The topological polar surface area (TPSA) is 61.8 Å². The number of rotatable bonds is 10. The van der Waals surface area contributed by atoms with Gasteiger partial charge in [-0.2, -0.15) is 0 Å².